The summed E-state index contributed by atoms with van der Waals surface area (Å²) in [7, 11) is 4.59. The van der Waals surface area contributed by atoms with Gasteiger partial charge in [-0.2, -0.15) is 0 Å². The van der Waals surface area contributed by atoms with Crippen LogP contribution in [0.25, 0.3) is 0 Å². The zero-order valence-corrected chi connectivity index (χ0v) is 10.7. The van der Waals surface area contributed by atoms with Crippen molar-refractivity contribution < 1.29 is 14.3 Å². The molecule has 3 N–H and O–H groups in total. The van der Waals surface area contributed by atoms with Crippen molar-refractivity contribution in [2.45, 2.75) is 0 Å². The molecule has 0 bridgehead atoms. The standard InChI is InChI=1S/C9H16N2O3S2/c1-14-9(13)3-2-8(12)11-5-7-16-15-6-4-10/h2-3H,4-7,10H2,1H3,(H,11,12)/b3-2+. The van der Waals surface area contributed by atoms with E-state index in [4.69, 9.17) is 5.73 Å². The molecule has 7 heteroatoms. The molecule has 0 aliphatic heterocycles. The SMILES string of the molecule is COC(=O)/C=C/C(=O)NCCSSCCN. The molecule has 0 saturated carbocycles. The van der Waals surface area contributed by atoms with Crippen molar-refractivity contribution in [2.75, 3.05) is 31.7 Å². The summed E-state index contributed by atoms with van der Waals surface area (Å²) in [6.07, 6.45) is 2.25. The van der Waals surface area contributed by atoms with E-state index >= 15 is 0 Å². The topological polar surface area (TPSA) is 81.4 Å². The van der Waals surface area contributed by atoms with Crippen LogP contribution in [-0.4, -0.2) is 43.6 Å². The maximum absolute atomic E-state index is 11.1. The lowest BCUT2D eigenvalue weighted by atomic mass is 10.4. The zero-order chi connectivity index (χ0) is 12.2. The van der Waals surface area contributed by atoms with Gasteiger partial charge in [-0.25, -0.2) is 4.79 Å². The number of nitrogens with one attached hydrogen (secondary N) is 1. The van der Waals surface area contributed by atoms with E-state index in [1.807, 2.05) is 0 Å². The van der Waals surface area contributed by atoms with E-state index in [1.165, 1.54) is 7.11 Å². The summed E-state index contributed by atoms with van der Waals surface area (Å²) in [6.45, 7) is 1.22. The summed E-state index contributed by atoms with van der Waals surface area (Å²) in [5, 5.41) is 2.64. The number of carbonyl (C=O) groups is 2. The number of nitrogens with two attached hydrogens (primary N) is 1. The molecule has 0 aromatic heterocycles. The molecule has 5 nitrogen and oxygen atoms in total. The summed E-state index contributed by atoms with van der Waals surface area (Å²) in [5.41, 5.74) is 5.32. The molecule has 0 aliphatic rings. The Kier molecular flexibility index (Phi) is 10.4. The Morgan fingerprint density at radius 2 is 2.00 bits per heavy atom. The summed E-state index contributed by atoms with van der Waals surface area (Å²) >= 11 is 0. The third-order valence-electron chi connectivity index (χ3n) is 1.34. The van der Waals surface area contributed by atoms with E-state index in [2.05, 4.69) is 10.1 Å². The molecular weight excluding hydrogens is 248 g/mol. The van der Waals surface area contributed by atoms with E-state index in [9.17, 15) is 9.59 Å². The van der Waals surface area contributed by atoms with Crippen LogP contribution in [0, 0.1) is 0 Å². The van der Waals surface area contributed by atoms with Gasteiger partial charge in [0.25, 0.3) is 0 Å². The van der Waals surface area contributed by atoms with Gasteiger partial charge in [-0.3, -0.25) is 4.79 Å². The molecule has 0 spiro atoms. The lowest BCUT2D eigenvalue weighted by Crippen LogP contribution is -2.23. The second-order valence-corrected chi connectivity index (χ2v) is 5.28. The third-order valence-corrected chi connectivity index (χ3v) is 3.78. The van der Waals surface area contributed by atoms with Gasteiger partial charge in [0.2, 0.25) is 5.91 Å². The van der Waals surface area contributed by atoms with Crippen molar-refractivity contribution in [1.29, 1.82) is 0 Å². The normalized spacial score (nSPS) is 10.4. The molecule has 0 fully saturated rings. The second-order valence-electron chi connectivity index (χ2n) is 2.58. The molecule has 0 aliphatic carbocycles. The average molecular weight is 264 g/mol. The van der Waals surface area contributed by atoms with Gasteiger partial charge in [0.05, 0.1) is 7.11 Å². The first-order valence-corrected chi connectivity index (χ1v) is 7.18. The molecule has 0 aromatic carbocycles. The van der Waals surface area contributed by atoms with Crippen LogP contribution in [-0.2, 0) is 14.3 Å². The van der Waals surface area contributed by atoms with Crippen LogP contribution in [0.2, 0.25) is 0 Å². The number of rotatable bonds is 8. The van der Waals surface area contributed by atoms with Crippen LogP contribution in [0.3, 0.4) is 0 Å². The predicted octanol–water partition coefficient (Wildman–Crippen LogP) is 0.172. The minimum Gasteiger partial charge on any atom is -0.466 e. The molecule has 1 amide bonds. The molecule has 16 heavy (non-hydrogen) atoms. The number of hydrogen-bond acceptors (Lipinski definition) is 6. The van der Waals surface area contributed by atoms with Gasteiger partial charge in [-0.15, -0.1) is 0 Å². The Bertz CT molecular complexity index is 247. The van der Waals surface area contributed by atoms with Crippen molar-refractivity contribution in [3.8, 4) is 0 Å². The summed E-state index contributed by atoms with van der Waals surface area (Å²) < 4.78 is 4.35. The van der Waals surface area contributed by atoms with Gasteiger partial charge in [0, 0.05) is 36.7 Å². The minimum atomic E-state index is -0.539. The minimum absolute atomic E-state index is 0.296. The zero-order valence-electron chi connectivity index (χ0n) is 9.10. The summed E-state index contributed by atoms with van der Waals surface area (Å²) in [4.78, 5) is 21.8. The predicted molar refractivity (Wildman–Crippen MR) is 68.1 cm³/mol. The van der Waals surface area contributed by atoms with E-state index in [0.717, 1.165) is 23.7 Å². The quantitative estimate of drug-likeness (QED) is 0.281. The summed E-state index contributed by atoms with van der Waals surface area (Å²) in [6, 6.07) is 0. The lowest BCUT2D eigenvalue weighted by molar-refractivity contribution is -0.135. The Morgan fingerprint density at radius 3 is 2.62 bits per heavy atom. The number of hydrogen-bond donors (Lipinski definition) is 2. The van der Waals surface area contributed by atoms with Crippen molar-refractivity contribution in [2.24, 2.45) is 5.73 Å². The van der Waals surface area contributed by atoms with Gasteiger partial charge >= 0.3 is 5.97 Å². The van der Waals surface area contributed by atoms with Crippen molar-refractivity contribution in [3.63, 3.8) is 0 Å². The van der Waals surface area contributed by atoms with E-state index in [1.54, 1.807) is 21.6 Å². The van der Waals surface area contributed by atoms with Gasteiger partial charge in [0.1, 0.15) is 0 Å². The number of carbonyl (C=O) groups excluding carboxylic acids is 2. The molecule has 0 radical (unpaired) electrons. The molecule has 0 unspecified atom stereocenters. The second kappa shape index (κ2) is 10.8. The molecule has 0 rings (SSSR count). The molecule has 0 atom stereocenters. The fourth-order valence-electron chi connectivity index (χ4n) is 0.653. The maximum atomic E-state index is 11.1. The number of ether oxygens (including phenoxy) is 1. The van der Waals surface area contributed by atoms with Gasteiger partial charge in [-0.1, -0.05) is 21.6 Å². The van der Waals surface area contributed by atoms with Crippen LogP contribution in [0.5, 0.6) is 0 Å². The van der Waals surface area contributed by atoms with Crippen molar-refractivity contribution in [3.05, 3.63) is 12.2 Å². The number of amides is 1. The lowest BCUT2D eigenvalue weighted by Gasteiger charge is -2.01. The fourth-order valence-corrected chi connectivity index (χ4v) is 2.42. The Morgan fingerprint density at radius 1 is 1.31 bits per heavy atom. The van der Waals surface area contributed by atoms with Crippen LogP contribution in [0.4, 0.5) is 0 Å². The van der Waals surface area contributed by atoms with Crippen molar-refractivity contribution in [1.82, 2.24) is 5.32 Å². The largest absolute Gasteiger partial charge is 0.466 e. The average Bonchev–Trinajstić information content (AvgIpc) is 2.30. The van der Waals surface area contributed by atoms with Gasteiger partial charge < -0.3 is 15.8 Å². The summed E-state index contributed by atoms with van der Waals surface area (Å²) in [5.74, 6) is 0.876. The maximum Gasteiger partial charge on any atom is 0.330 e. The Labute approximate surface area is 103 Å². The highest BCUT2D eigenvalue weighted by Gasteiger charge is 1.97. The molecule has 0 heterocycles. The first-order valence-electron chi connectivity index (χ1n) is 4.69. The molecule has 92 valence electrons. The Hall–Kier alpha value is -0.660. The first-order chi connectivity index (χ1) is 7.70. The van der Waals surface area contributed by atoms with Gasteiger partial charge in [0.15, 0.2) is 0 Å². The molecule has 0 saturated heterocycles. The highest BCUT2D eigenvalue weighted by atomic mass is 33.1. The van der Waals surface area contributed by atoms with Gasteiger partial charge in [-0.05, 0) is 0 Å². The molecule has 0 aromatic rings. The molecular formula is C9H16N2O3S2. The number of esters is 1. The van der Waals surface area contributed by atoms with Crippen LogP contribution in [0.15, 0.2) is 12.2 Å². The highest BCUT2D eigenvalue weighted by molar-refractivity contribution is 8.76. The van der Waals surface area contributed by atoms with E-state index in [-0.39, 0.29) is 5.91 Å². The van der Waals surface area contributed by atoms with Crippen LogP contribution < -0.4 is 11.1 Å². The Balaban J connectivity index is 3.44. The first kappa shape index (κ1) is 15.3. The van der Waals surface area contributed by atoms with Crippen LogP contribution in [0.1, 0.15) is 0 Å². The number of methoxy groups -OCH3 is 1. The highest BCUT2D eigenvalue weighted by Crippen LogP contribution is 2.18. The smallest absolute Gasteiger partial charge is 0.330 e. The fraction of sp³-hybridized carbons (Fsp3) is 0.556. The van der Waals surface area contributed by atoms with Crippen LogP contribution >= 0.6 is 21.6 Å². The third kappa shape index (κ3) is 9.88. The van der Waals surface area contributed by atoms with E-state index < -0.39 is 5.97 Å². The van der Waals surface area contributed by atoms with E-state index in [0.29, 0.717) is 13.1 Å². The monoisotopic (exact) mass is 264 g/mol. The van der Waals surface area contributed by atoms with Crippen molar-refractivity contribution >= 4 is 33.5 Å².